The van der Waals surface area contributed by atoms with Crippen molar-refractivity contribution in [2.45, 2.75) is 42.7 Å². The van der Waals surface area contributed by atoms with Crippen LogP contribution in [0.5, 0.6) is 0 Å². The van der Waals surface area contributed by atoms with Gasteiger partial charge >= 0.3 is 0 Å². The fourth-order valence-electron chi connectivity index (χ4n) is 5.33. The largest absolute Gasteiger partial charge is 0.381 e. The van der Waals surface area contributed by atoms with Crippen LogP contribution in [0.2, 0.25) is 5.02 Å². The first kappa shape index (κ1) is 24.7. The van der Waals surface area contributed by atoms with E-state index in [0.717, 1.165) is 23.3 Å². The first-order chi connectivity index (χ1) is 17.2. The van der Waals surface area contributed by atoms with Crippen molar-refractivity contribution < 1.29 is 22.3 Å². The Hall–Kier alpha value is -2.94. The van der Waals surface area contributed by atoms with Crippen molar-refractivity contribution in [3.05, 3.63) is 94.3 Å². The summed E-state index contributed by atoms with van der Waals surface area (Å²) in [7, 11) is -3.97. The standard InChI is InChI=1S/C27H26ClFN2O4S/c1-18-27(12-14-35-15-13-27)23-16-19(26(32)30-17-20-4-2-3-5-24(20)28)6-11-25(23)31(18)36(33,34)22-9-7-21(29)8-10-22/h2-11,16,18H,12-15,17H2,1H3,(H,30,32). The van der Waals surface area contributed by atoms with Gasteiger partial charge in [0.25, 0.3) is 15.9 Å². The minimum Gasteiger partial charge on any atom is -0.381 e. The monoisotopic (exact) mass is 528 g/mol. The highest BCUT2D eigenvalue weighted by Crippen LogP contribution is 2.52. The lowest BCUT2D eigenvalue weighted by Crippen LogP contribution is -2.48. The van der Waals surface area contributed by atoms with Gasteiger partial charge < -0.3 is 10.1 Å². The molecule has 2 aliphatic heterocycles. The molecule has 1 amide bonds. The molecule has 3 aromatic carbocycles. The number of hydrogen-bond donors (Lipinski definition) is 1. The average molecular weight is 529 g/mol. The first-order valence-electron chi connectivity index (χ1n) is 11.8. The number of ether oxygens (including phenoxy) is 1. The highest BCUT2D eigenvalue weighted by molar-refractivity contribution is 7.92. The average Bonchev–Trinajstić information content (AvgIpc) is 3.11. The number of carbonyl (C=O) groups is 1. The molecule has 3 aromatic rings. The van der Waals surface area contributed by atoms with E-state index in [1.165, 1.54) is 16.4 Å². The zero-order valence-corrected chi connectivity index (χ0v) is 21.3. The molecule has 0 bridgehead atoms. The molecule has 1 fully saturated rings. The second-order valence-electron chi connectivity index (χ2n) is 9.21. The van der Waals surface area contributed by atoms with E-state index in [1.54, 1.807) is 24.3 Å². The number of anilines is 1. The number of amides is 1. The number of benzene rings is 3. The van der Waals surface area contributed by atoms with E-state index in [9.17, 15) is 17.6 Å². The van der Waals surface area contributed by atoms with Gasteiger partial charge in [-0.3, -0.25) is 9.10 Å². The van der Waals surface area contributed by atoms with E-state index in [0.29, 0.717) is 42.3 Å². The van der Waals surface area contributed by atoms with E-state index in [-0.39, 0.29) is 17.3 Å². The lowest BCUT2D eigenvalue weighted by molar-refractivity contribution is 0.0465. The summed E-state index contributed by atoms with van der Waals surface area (Å²) >= 11 is 6.22. The molecule has 6 nitrogen and oxygen atoms in total. The van der Waals surface area contributed by atoms with Crippen molar-refractivity contribution in [2.24, 2.45) is 0 Å². The summed E-state index contributed by atoms with van der Waals surface area (Å²) < 4.78 is 48.0. The number of rotatable bonds is 5. The third-order valence-corrected chi connectivity index (χ3v) is 9.60. The normalized spacial score (nSPS) is 18.8. The minimum atomic E-state index is -3.97. The number of halogens is 2. The maximum absolute atomic E-state index is 13.7. The van der Waals surface area contributed by atoms with Gasteiger partial charge in [0.15, 0.2) is 0 Å². The van der Waals surface area contributed by atoms with Gasteiger partial charge in [0.2, 0.25) is 0 Å². The Morgan fingerprint density at radius 3 is 2.50 bits per heavy atom. The van der Waals surface area contributed by atoms with Gasteiger partial charge in [-0.25, -0.2) is 12.8 Å². The Balaban J connectivity index is 1.52. The van der Waals surface area contributed by atoms with E-state index < -0.39 is 27.3 Å². The van der Waals surface area contributed by atoms with Gasteiger partial charge in [0.05, 0.1) is 16.6 Å². The minimum absolute atomic E-state index is 0.0207. The van der Waals surface area contributed by atoms with Crippen LogP contribution < -0.4 is 9.62 Å². The smallest absolute Gasteiger partial charge is 0.264 e. The Labute approximate surface area is 215 Å². The van der Waals surface area contributed by atoms with Crippen LogP contribution >= 0.6 is 11.6 Å². The van der Waals surface area contributed by atoms with Crippen molar-refractivity contribution in [2.75, 3.05) is 17.5 Å². The molecule has 0 aromatic heterocycles. The molecule has 1 unspecified atom stereocenters. The van der Waals surface area contributed by atoms with Crippen LogP contribution in [0.4, 0.5) is 10.1 Å². The summed E-state index contributed by atoms with van der Waals surface area (Å²) in [5.41, 5.74) is 2.10. The van der Waals surface area contributed by atoms with E-state index >= 15 is 0 Å². The predicted octanol–water partition coefficient (Wildman–Crippen LogP) is 5.05. The molecule has 36 heavy (non-hydrogen) atoms. The number of sulfonamides is 1. The third kappa shape index (κ3) is 4.17. The van der Waals surface area contributed by atoms with Crippen molar-refractivity contribution in [3.8, 4) is 0 Å². The molecule has 2 heterocycles. The van der Waals surface area contributed by atoms with Crippen LogP contribution in [0.25, 0.3) is 0 Å². The molecule has 1 saturated heterocycles. The van der Waals surface area contributed by atoms with Crippen LogP contribution in [0, 0.1) is 5.82 Å². The lowest BCUT2D eigenvalue weighted by atomic mass is 9.71. The Bertz CT molecular complexity index is 1410. The number of fused-ring (bicyclic) bond motifs is 2. The zero-order valence-electron chi connectivity index (χ0n) is 19.7. The molecular formula is C27H26ClFN2O4S. The van der Waals surface area contributed by atoms with Gasteiger partial charge in [-0.2, -0.15) is 0 Å². The van der Waals surface area contributed by atoms with Crippen LogP contribution in [0.1, 0.15) is 41.3 Å². The quantitative estimate of drug-likeness (QED) is 0.502. The molecule has 1 atom stereocenters. The summed E-state index contributed by atoms with van der Waals surface area (Å²) in [4.78, 5) is 13.1. The SMILES string of the molecule is CC1N(S(=O)(=O)c2ccc(F)cc2)c2ccc(C(=O)NCc3ccccc3Cl)cc2C12CCOCC2. The van der Waals surface area contributed by atoms with E-state index in [1.807, 2.05) is 25.1 Å². The topological polar surface area (TPSA) is 75.7 Å². The van der Waals surface area contributed by atoms with Gasteiger partial charge in [-0.15, -0.1) is 0 Å². The third-order valence-electron chi connectivity index (χ3n) is 7.34. The molecule has 2 aliphatic rings. The van der Waals surface area contributed by atoms with Crippen LogP contribution in [0.15, 0.2) is 71.6 Å². The Kier molecular flexibility index (Phi) is 6.53. The summed E-state index contributed by atoms with van der Waals surface area (Å²) in [6.45, 7) is 3.16. The summed E-state index contributed by atoms with van der Waals surface area (Å²) in [5, 5.41) is 3.48. The summed E-state index contributed by atoms with van der Waals surface area (Å²) in [5.74, 6) is -0.774. The highest BCUT2D eigenvalue weighted by Gasteiger charge is 2.53. The lowest BCUT2D eigenvalue weighted by Gasteiger charge is -2.39. The zero-order chi connectivity index (χ0) is 25.5. The number of nitrogens with zero attached hydrogens (tertiary/aromatic N) is 1. The summed E-state index contributed by atoms with van der Waals surface area (Å²) in [6, 6.07) is 16.9. The fourth-order valence-corrected chi connectivity index (χ4v) is 7.27. The molecule has 0 radical (unpaired) electrons. The van der Waals surface area contributed by atoms with Crippen molar-refractivity contribution in [3.63, 3.8) is 0 Å². The predicted molar refractivity (Wildman–Crippen MR) is 136 cm³/mol. The van der Waals surface area contributed by atoms with Gasteiger partial charge in [-0.05, 0) is 79.4 Å². The van der Waals surface area contributed by atoms with E-state index in [4.69, 9.17) is 16.3 Å². The molecular weight excluding hydrogens is 503 g/mol. The molecule has 1 spiro atoms. The number of nitrogens with one attached hydrogen (secondary N) is 1. The second kappa shape index (κ2) is 9.50. The van der Waals surface area contributed by atoms with Gasteiger partial charge in [0, 0.05) is 35.8 Å². The molecule has 5 rings (SSSR count). The van der Waals surface area contributed by atoms with Crippen LogP contribution in [-0.4, -0.2) is 33.6 Å². The maximum atomic E-state index is 13.7. The van der Waals surface area contributed by atoms with Crippen molar-refractivity contribution in [1.82, 2.24) is 5.32 Å². The van der Waals surface area contributed by atoms with Gasteiger partial charge in [-0.1, -0.05) is 29.8 Å². The number of carbonyl (C=O) groups excluding carboxylic acids is 1. The van der Waals surface area contributed by atoms with E-state index in [2.05, 4.69) is 5.32 Å². The fraction of sp³-hybridized carbons (Fsp3) is 0.296. The van der Waals surface area contributed by atoms with Crippen LogP contribution in [0.3, 0.4) is 0 Å². The molecule has 0 saturated carbocycles. The van der Waals surface area contributed by atoms with Crippen molar-refractivity contribution in [1.29, 1.82) is 0 Å². The Morgan fingerprint density at radius 2 is 1.81 bits per heavy atom. The first-order valence-corrected chi connectivity index (χ1v) is 13.6. The van der Waals surface area contributed by atoms with Gasteiger partial charge in [0.1, 0.15) is 5.82 Å². The summed E-state index contributed by atoms with van der Waals surface area (Å²) in [6.07, 6.45) is 1.25. The molecule has 188 valence electrons. The highest BCUT2D eigenvalue weighted by atomic mass is 35.5. The second-order valence-corrected chi connectivity index (χ2v) is 11.4. The maximum Gasteiger partial charge on any atom is 0.264 e. The van der Waals surface area contributed by atoms with Crippen molar-refractivity contribution >= 4 is 33.2 Å². The molecule has 1 N–H and O–H groups in total. The Morgan fingerprint density at radius 1 is 1.11 bits per heavy atom. The molecule has 0 aliphatic carbocycles. The molecule has 9 heteroatoms. The number of hydrogen-bond acceptors (Lipinski definition) is 4. The van der Waals surface area contributed by atoms with Crippen LogP contribution in [-0.2, 0) is 26.7 Å².